The smallest absolute Gasteiger partial charge is 0.744 e. The maximum absolute atomic E-state index is 13.1. The molecule has 1 aromatic carbocycles. The van der Waals surface area contributed by atoms with Crippen molar-refractivity contribution in [1.82, 2.24) is 0 Å². The average molecular weight is 515 g/mol. The normalized spacial score (nSPS) is 15.8. The largest absolute Gasteiger partial charge is 1.00 e. The summed E-state index contributed by atoms with van der Waals surface area (Å²) >= 11 is 0. The first-order valence-electron chi connectivity index (χ1n) is 9.54. The number of primary sulfonamides is 1. The third kappa shape index (κ3) is 6.79. The van der Waals surface area contributed by atoms with Crippen molar-refractivity contribution in [2.24, 2.45) is 11.1 Å². The first-order chi connectivity index (χ1) is 14.4. The molecule has 172 valence electrons. The number of benzene rings is 1. The molecule has 1 aliphatic carbocycles. The maximum Gasteiger partial charge on any atom is 1.00 e. The van der Waals surface area contributed by atoms with Gasteiger partial charge in [0.2, 0.25) is 10.0 Å². The van der Waals surface area contributed by atoms with Crippen molar-refractivity contribution in [1.29, 1.82) is 0 Å². The summed E-state index contributed by atoms with van der Waals surface area (Å²) in [7, 11) is -13.9. The first kappa shape index (κ1) is 27.3. The van der Waals surface area contributed by atoms with E-state index in [2.05, 4.69) is 5.32 Å². The number of nitrogens with one attached hydrogen (secondary N) is 1. The van der Waals surface area contributed by atoms with Crippen molar-refractivity contribution in [3.8, 4) is 0 Å². The van der Waals surface area contributed by atoms with Crippen LogP contribution in [-0.2, 0) is 36.5 Å². The summed E-state index contributed by atoms with van der Waals surface area (Å²) in [5.41, 5.74) is -0.346. The number of rotatable bonds is 8. The molecule has 1 fully saturated rings. The summed E-state index contributed by atoms with van der Waals surface area (Å²) in [5.74, 6) is -0.0534. The molecule has 0 spiro atoms. The average Bonchev–Trinajstić information content (AvgIpc) is 3.18. The molecule has 1 heterocycles. The predicted molar refractivity (Wildman–Crippen MR) is 110 cm³/mol. The van der Waals surface area contributed by atoms with Gasteiger partial charge in [0.1, 0.15) is 20.8 Å². The van der Waals surface area contributed by atoms with E-state index in [0.29, 0.717) is 24.7 Å². The first-order valence-corrected chi connectivity index (χ1v) is 14.1. The van der Waals surface area contributed by atoms with E-state index in [1.807, 2.05) is 0 Å². The van der Waals surface area contributed by atoms with Crippen molar-refractivity contribution < 1.29 is 63.8 Å². The summed E-state index contributed by atoms with van der Waals surface area (Å²) < 4.78 is 90.9. The Bertz CT molecular complexity index is 1250. The van der Waals surface area contributed by atoms with Crippen LogP contribution in [0.15, 0.2) is 49.6 Å². The molecular weight excluding hydrogens is 491 g/mol. The molecular formula is C18H23N2NaO8S3. The van der Waals surface area contributed by atoms with Crippen molar-refractivity contribution in [2.75, 3.05) is 11.1 Å². The van der Waals surface area contributed by atoms with Crippen LogP contribution in [0.3, 0.4) is 0 Å². The maximum atomic E-state index is 13.1. The van der Waals surface area contributed by atoms with Crippen LogP contribution in [0.5, 0.6) is 0 Å². The molecule has 0 atom stereocenters. The number of hydrogen-bond acceptors (Lipinski definition) is 9. The quantitative estimate of drug-likeness (QED) is 0.323. The summed E-state index contributed by atoms with van der Waals surface area (Å²) in [6.45, 7) is -0.0631. The Morgan fingerprint density at radius 1 is 1.00 bits per heavy atom. The molecule has 0 saturated heterocycles. The number of sulfonamides is 1. The monoisotopic (exact) mass is 514 g/mol. The summed E-state index contributed by atoms with van der Waals surface area (Å²) in [4.78, 5) is -2.46. The molecule has 1 saturated carbocycles. The predicted octanol–water partition coefficient (Wildman–Crippen LogP) is -1.20. The fourth-order valence-electron chi connectivity index (χ4n) is 3.70. The van der Waals surface area contributed by atoms with Crippen LogP contribution >= 0.6 is 0 Å². The molecule has 32 heavy (non-hydrogen) atoms. The van der Waals surface area contributed by atoms with E-state index in [4.69, 9.17) is 9.56 Å². The van der Waals surface area contributed by atoms with E-state index >= 15 is 0 Å². The van der Waals surface area contributed by atoms with Crippen LogP contribution in [0.2, 0.25) is 0 Å². The number of nitrogens with two attached hydrogens (primary N) is 1. The minimum Gasteiger partial charge on any atom is -0.744 e. The van der Waals surface area contributed by atoms with E-state index < -0.39 is 44.7 Å². The Hall–Kier alpha value is -0.930. The van der Waals surface area contributed by atoms with E-state index in [9.17, 15) is 29.8 Å². The molecule has 0 unspecified atom stereocenters. The SMILES string of the molecule is NS(=O)(=O)c1cc(S(=O)(=O)[O-])c(NCc2ccco2)cc1S(=O)(=O)CC1CCCCC1.[Na+]. The van der Waals surface area contributed by atoms with Gasteiger partial charge in [-0.05, 0) is 43.0 Å². The van der Waals surface area contributed by atoms with Crippen LogP contribution in [0.25, 0.3) is 0 Å². The van der Waals surface area contributed by atoms with E-state index in [0.717, 1.165) is 25.3 Å². The molecule has 1 aliphatic rings. The van der Waals surface area contributed by atoms with Crippen molar-refractivity contribution in [3.05, 3.63) is 36.3 Å². The number of anilines is 1. The minimum atomic E-state index is -5.15. The Balaban J connectivity index is 0.00000363. The van der Waals surface area contributed by atoms with E-state index in [1.54, 1.807) is 12.1 Å². The number of sulfone groups is 1. The van der Waals surface area contributed by atoms with Crippen LogP contribution in [0, 0.1) is 5.92 Å². The Morgan fingerprint density at radius 2 is 1.66 bits per heavy atom. The molecule has 1 aromatic heterocycles. The zero-order chi connectivity index (χ0) is 22.9. The van der Waals surface area contributed by atoms with Gasteiger partial charge < -0.3 is 14.3 Å². The van der Waals surface area contributed by atoms with Crippen molar-refractivity contribution >= 4 is 35.7 Å². The fourth-order valence-corrected chi connectivity index (χ4v) is 7.59. The molecule has 10 nitrogen and oxygen atoms in total. The number of hydrogen-bond donors (Lipinski definition) is 2. The van der Waals surface area contributed by atoms with Gasteiger partial charge >= 0.3 is 29.6 Å². The second-order valence-electron chi connectivity index (χ2n) is 7.51. The van der Waals surface area contributed by atoms with Crippen molar-refractivity contribution in [3.63, 3.8) is 0 Å². The molecule has 3 rings (SSSR count). The molecule has 0 amide bonds. The van der Waals surface area contributed by atoms with Crippen LogP contribution in [0.1, 0.15) is 37.9 Å². The third-order valence-corrected chi connectivity index (χ3v) is 9.04. The molecule has 0 radical (unpaired) electrons. The zero-order valence-electron chi connectivity index (χ0n) is 17.5. The van der Waals surface area contributed by atoms with Gasteiger partial charge in [0, 0.05) is 0 Å². The van der Waals surface area contributed by atoms with Crippen LogP contribution < -0.4 is 40.0 Å². The van der Waals surface area contributed by atoms with Gasteiger partial charge in [-0.15, -0.1) is 0 Å². The van der Waals surface area contributed by atoms with Crippen LogP contribution in [-0.4, -0.2) is 35.6 Å². The summed E-state index contributed by atoms with van der Waals surface area (Å²) in [5, 5.41) is 7.82. The molecule has 3 N–H and O–H groups in total. The second kappa shape index (κ2) is 10.6. The molecule has 0 bridgehead atoms. The standard InChI is InChI=1S/C18H24N2O8S3.Na/c19-30(23,24)18-10-16(31(25,26)27)15(20-11-14-7-4-8-28-14)9-17(18)29(21,22)12-13-5-2-1-3-6-13;/h4,7-10,13,20H,1-3,5-6,11-12H2,(H2,19,23,24)(H,25,26,27);/q;+1/p-1. The van der Waals surface area contributed by atoms with Crippen molar-refractivity contribution in [2.45, 2.75) is 53.3 Å². The van der Waals surface area contributed by atoms with Gasteiger partial charge in [0.15, 0.2) is 9.84 Å². The van der Waals surface area contributed by atoms with E-state index in [1.165, 1.54) is 6.26 Å². The fraction of sp³-hybridized carbons (Fsp3) is 0.444. The van der Waals surface area contributed by atoms with Gasteiger partial charge in [-0.2, -0.15) is 0 Å². The molecule has 2 aromatic rings. The van der Waals surface area contributed by atoms with Gasteiger partial charge in [-0.25, -0.2) is 30.4 Å². The van der Waals surface area contributed by atoms with Gasteiger partial charge in [-0.3, -0.25) is 0 Å². The van der Waals surface area contributed by atoms with Gasteiger partial charge in [0.25, 0.3) is 0 Å². The Kier molecular flexibility index (Phi) is 9.01. The minimum absolute atomic E-state index is 0. The molecule has 14 heteroatoms. The second-order valence-corrected chi connectivity index (χ2v) is 12.4. The summed E-state index contributed by atoms with van der Waals surface area (Å²) in [6, 6.07) is 4.53. The van der Waals surface area contributed by atoms with Crippen LogP contribution in [0.4, 0.5) is 5.69 Å². The Labute approximate surface area is 210 Å². The van der Waals surface area contributed by atoms with Gasteiger partial charge in [-0.1, -0.05) is 19.3 Å². The topological polar surface area (TPSA) is 177 Å². The molecule has 0 aliphatic heterocycles. The van der Waals surface area contributed by atoms with Gasteiger partial charge in [0.05, 0.1) is 34.0 Å². The zero-order valence-corrected chi connectivity index (χ0v) is 21.9. The number of furan rings is 1. The van der Waals surface area contributed by atoms with E-state index in [-0.39, 0.29) is 53.5 Å². The summed E-state index contributed by atoms with van der Waals surface area (Å²) in [6.07, 6.45) is 5.54. The third-order valence-electron chi connectivity index (χ3n) is 5.17. The Morgan fingerprint density at radius 3 is 2.19 bits per heavy atom.